The first kappa shape index (κ1) is 18.1. The monoisotopic (exact) mass is 345 g/mol. The summed E-state index contributed by atoms with van der Waals surface area (Å²) in [6.07, 6.45) is 4.16. The summed E-state index contributed by atoms with van der Waals surface area (Å²) < 4.78 is 11.8. The van der Waals surface area contributed by atoms with E-state index >= 15 is 0 Å². The summed E-state index contributed by atoms with van der Waals surface area (Å²) in [7, 11) is 0. The molecule has 1 aliphatic heterocycles. The first-order valence-electron chi connectivity index (χ1n) is 9.37. The highest BCUT2D eigenvalue weighted by Gasteiger charge is 2.34. The molecule has 1 amide bonds. The number of carbonyl (C=O) groups excluding carboxylic acids is 1. The van der Waals surface area contributed by atoms with Crippen LogP contribution in [-0.4, -0.2) is 24.2 Å². The molecule has 3 rings (SSSR count). The maximum absolute atomic E-state index is 12.4. The Bertz CT molecular complexity index is 651. The van der Waals surface area contributed by atoms with Crippen LogP contribution >= 0.6 is 0 Å². The summed E-state index contributed by atoms with van der Waals surface area (Å²) in [6.45, 7) is 11.0. The van der Waals surface area contributed by atoms with Gasteiger partial charge in [0.25, 0.3) is 5.91 Å². The predicted molar refractivity (Wildman–Crippen MR) is 99.1 cm³/mol. The van der Waals surface area contributed by atoms with Crippen LogP contribution < -0.4 is 14.8 Å². The Labute approximate surface area is 151 Å². The number of hydrogen-bond donors (Lipinski definition) is 1. The third-order valence-corrected chi connectivity index (χ3v) is 5.17. The molecule has 0 unspecified atom stereocenters. The predicted octanol–water partition coefficient (Wildman–Crippen LogP) is 4.11. The normalized spacial score (nSPS) is 26.4. The molecule has 138 valence electrons. The van der Waals surface area contributed by atoms with Crippen molar-refractivity contribution in [3.05, 3.63) is 23.8 Å². The van der Waals surface area contributed by atoms with Crippen molar-refractivity contribution in [2.24, 2.45) is 11.3 Å². The quantitative estimate of drug-likeness (QED) is 0.893. The lowest BCUT2D eigenvalue weighted by molar-refractivity contribution is -0.124. The number of para-hydroxylation sites is 1. The van der Waals surface area contributed by atoms with Gasteiger partial charge in [0.05, 0.1) is 0 Å². The Balaban J connectivity index is 1.56. The topological polar surface area (TPSA) is 47.6 Å². The van der Waals surface area contributed by atoms with Crippen LogP contribution in [0.1, 0.15) is 59.4 Å². The van der Waals surface area contributed by atoms with E-state index in [1.165, 1.54) is 6.42 Å². The van der Waals surface area contributed by atoms with Crippen LogP contribution in [0.15, 0.2) is 18.2 Å². The van der Waals surface area contributed by atoms with Gasteiger partial charge in [-0.2, -0.15) is 0 Å². The molecule has 1 heterocycles. The minimum atomic E-state index is -0.214. The average Bonchev–Trinajstić information content (AvgIpc) is 2.77. The number of carbonyl (C=O) groups is 1. The van der Waals surface area contributed by atoms with Gasteiger partial charge in [0.1, 0.15) is 5.60 Å². The maximum Gasteiger partial charge on any atom is 0.258 e. The number of rotatable bonds is 4. The summed E-state index contributed by atoms with van der Waals surface area (Å²) >= 11 is 0. The Morgan fingerprint density at radius 3 is 2.76 bits per heavy atom. The fraction of sp³-hybridized carbons (Fsp3) is 0.667. The third-order valence-electron chi connectivity index (χ3n) is 5.17. The Kier molecular flexibility index (Phi) is 4.74. The van der Waals surface area contributed by atoms with E-state index in [0.29, 0.717) is 11.7 Å². The van der Waals surface area contributed by atoms with Crippen LogP contribution in [0.5, 0.6) is 11.5 Å². The van der Waals surface area contributed by atoms with Crippen LogP contribution in [-0.2, 0) is 11.2 Å². The molecular formula is C21H31NO3. The molecule has 1 fully saturated rings. The van der Waals surface area contributed by atoms with E-state index < -0.39 is 0 Å². The molecule has 1 aromatic carbocycles. The highest BCUT2D eigenvalue weighted by Crippen LogP contribution is 2.42. The van der Waals surface area contributed by atoms with Gasteiger partial charge in [-0.15, -0.1) is 0 Å². The molecule has 4 heteroatoms. The summed E-state index contributed by atoms with van der Waals surface area (Å²) in [5, 5.41) is 3.15. The van der Waals surface area contributed by atoms with Crippen LogP contribution in [0.2, 0.25) is 0 Å². The van der Waals surface area contributed by atoms with Crippen LogP contribution in [0.4, 0.5) is 0 Å². The van der Waals surface area contributed by atoms with E-state index in [-0.39, 0.29) is 29.6 Å². The van der Waals surface area contributed by atoms with Gasteiger partial charge >= 0.3 is 0 Å². The van der Waals surface area contributed by atoms with Gasteiger partial charge < -0.3 is 14.8 Å². The summed E-state index contributed by atoms with van der Waals surface area (Å²) in [5.74, 6) is 2.04. The molecule has 1 N–H and O–H groups in total. The van der Waals surface area contributed by atoms with Gasteiger partial charge in [0.2, 0.25) is 0 Å². The first-order chi connectivity index (χ1) is 11.6. The number of hydrogen-bond acceptors (Lipinski definition) is 3. The minimum absolute atomic E-state index is 0.0333. The average molecular weight is 345 g/mol. The molecule has 0 aromatic heterocycles. The van der Waals surface area contributed by atoms with Crippen molar-refractivity contribution in [2.75, 3.05) is 6.61 Å². The Morgan fingerprint density at radius 1 is 1.28 bits per heavy atom. The van der Waals surface area contributed by atoms with Crippen molar-refractivity contribution in [3.63, 3.8) is 0 Å². The van der Waals surface area contributed by atoms with Gasteiger partial charge in [0.15, 0.2) is 18.1 Å². The molecule has 1 aliphatic carbocycles. The second kappa shape index (κ2) is 6.54. The van der Waals surface area contributed by atoms with Gasteiger partial charge in [-0.1, -0.05) is 32.9 Å². The van der Waals surface area contributed by atoms with E-state index in [1.807, 2.05) is 12.1 Å². The zero-order valence-corrected chi connectivity index (χ0v) is 16.1. The van der Waals surface area contributed by atoms with Crippen molar-refractivity contribution in [1.82, 2.24) is 5.32 Å². The van der Waals surface area contributed by atoms with Gasteiger partial charge in [-0.25, -0.2) is 0 Å². The number of benzene rings is 1. The number of fused-ring (bicyclic) bond motifs is 1. The number of ether oxygens (including phenoxy) is 2. The van der Waals surface area contributed by atoms with Gasteiger partial charge in [-0.3, -0.25) is 4.79 Å². The summed E-state index contributed by atoms with van der Waals surface area (Å²) in [6, 6.07) is 6.13. The molecule has 2 aliphatic rings. The lowest BCUT2D eigenvalue weighted by Gasteiger charge is -2.39. The molecule has 0 bridgehead atoms. The largest absolute Gasteiger partial charge is 0.483 e. The zero-order valence-electron chi connectivity index (χ0n) is 16.1. The minimum Gasteiger partial charge on any atom is -0.483 e. The molecule has 25 heavy (non-hydrogen) atoms. The standard InChI is InChI=1S/C21H31NO3/c1-14-9-16(12-20(2,3)10-14)22-18(23)13-24-17-8-6-7-15-11-21(4,5)25-19(15)17/h6-8,14,16H,9-13H2,1-5H3,(H,22,23)/t14-,16-/m0/s1. The number of amides is 1. The van der Waals surface area contributed by atoms with Crippen LogP contribution in [0.3, 0.4) is 0 Å². The number of nitrogens with one attached hydrogen (secondary N) is 1. The van der Waals surface area contributed by atoms with E-state index in [9.17, 15) is 4.79 Å². The molecule has 0 radical (unpaired) electrons. The van der Waals surface area contributed by atoms with Crippen molar-refractivity contribution in [1.29, 1.82) is 0 Å². The van der Waals surface area contributed by atoms with Crippen molar-refractivity contribution in [2.45, 2.75) is 71.9 Å². The zero-order chi connectivity index (χ0) is 18.2. The van der Waals surface area contributed by atoms with Crippen molar-refractivity contribution < 1.29 is 14.3 Å². The SMILES string of the molecule is C[C@H]1C[C@H](NC(=O)COc2cccc3c2OC(C)(C)C3)CC(C)(C)C1. The first-order valence-corrected chi connectivity index (χ1v) is 9.37. The van der Waals surface area contributed by atoms with Crippen LogP contribution in [0, 0.1) is 11.3 Å². The van der Waals surface area contributed by atoms with Crippen LogP contribution in [0.25, 0.3) is 0 Å². The van der Waals surface area contributed by atoms with Crippen molar-refractivity contribution >= 4 is 5.91 Å². The maximum atomic E-state index is 12.4. The molecular weight excluding hydrogens is 314 g/mol. The van der Waals surface area contributed by atoms with E-state index in [4.69, 9.17) is 9.47 Å². The second-order valence-electron chi connectivity index (χ2n) is 9.25. The highest BCUT2D eigenvalue weighted by molar-refractivity contribution is 5.78. The summed E-state index contributed by atoms with van der Waals surface area (Å²) in [5.41, 5.74) is 1.22. The fourth-order valence-electron chi connectivity index (χ4n) is 4.57. The molecule has 1 aromatic rings. The smallest absolute Gasteiger partial charge is 0.258 e. The fourth-order valence-corrected chi connectivity index (χ4v) is 4.57. The lowest BCUT2D eigenvalue weighted by Crippen LogP contribution is -2.44. The molecule has 0 spiro atoms. The van der Waals surface area contributed by atoms with Gasteiger partial charge in [-0.05, 0) is 50.5 Å². The van der Waals surface area contributed by atoms with E-state index in [2.05, 4.69) is 46.0 Å². The lowest BCUT2D eigenvalue weighted by atomic mass is 9.70. The second-order valence-corrected chi connectivity index (χ2v) is 9.25. The molecule has 4 nitrogen and oxygen atoms in total. The van der Waals surface area contributed by atoms with E-state index in [0.717, 1.165) is 30.6 Å². The van der Waals surface area contributed by atoms with E-state index in [1.54, 1.807) is 0 Å². The van der Waals surface area contributed by atoms with Gasteiger partial charge in [0, 0.05) is 18.0 Å². The molecule has 2 atom stereocenters. The highest BCUT2D eigenvalue weighted by atomic mass is 16.5. The molecule has 0 saturated heterocycles. The van der Waals surface area contributed by atoms with Crippen molar-refractivity contribution in [3.8, 4) is 11.5 Å². The molecule has 1 saturated carbocycles. The third kappa shape index (κ3) is 4.47. The Morgan fingerprint density at radius 2 is 2.04 bits per heavy atom. The Hall–Kier alpha value is -1.71. The summed E-state index contributed by atoms with van der Waals surface area (Å²) in [4.78, 5) is 12.4.